The van der Waals surface area contributed by atoms with Crippen LogP contribution in [0.3, 0.4) is 0 Å². The summed E-state index contributed by atoms with van der Waals surface area (Å²) < 4.78 is 1.60. The lowest BCUT2D eigenvalue weighted by Gasteiger charge is -2.15. The van der Waals surface area contributed by atoms with Crippen molar-refractivity contribution in [3.8, 4) is 0 Å². The SMILES string of the molecule is C[C@H](Nc1nc(Nc2cn([C@@H](C)CO)nn2)nc2[nH]ccc12)C1CC1. The predicted octanol–water partition coefficient (Wildman–Crippen LogP) is 2.06. The van der Waals surface area contributed by atoms with E-state index in [0.717, 1.165) is 22.8 Å². The van der Waals surface area contributed by atoms with Crippen molar-refractivity contribution < 1.29 is 5.11 Å². The normalized spacial score (nSPS) is 16.8. The van der Waals surface area contributed by atoms with Gasteiger partial charge in [-0.2, -0.15) is 9.97 Å². The highest BCUT2D eigenvalue weighted by molar-refractivity contribution is 5.88. The molecule has 0 bridgehead atoms. The van der Waals surface area contributed by atoms with Gasteiger partial charge in [-0.3, -0.25) is 0 Å². The van der Waals surface area contributed by atoms with Gasteiger partial charge in [0.25, 0.3) is 0 Å². The average molecular weight is 342 g/mol. The van der Waals surface area contributed by atoms with Gasteiger partial charge in [0.1, 0.15) is 11.5 Å². The highest BCUT2D eigenvalue weighted by atomic mass is 16.3. The van der Waals surface area contributed by atoms with E-state index in [2.05, 4.69) is 42.8 Å². The van der Waals surface area contributed by atoms with Crippen LogP contribution in [0.2, 0.25) is 0 Å². The van der Waals surface area contributed by atoms with Gasteiger partial charge in [0.2, 0.25) is 5.95 Å². The third kappa shape index (κ3) is 3.27. The summed E-state index contributed by atoms with van der Waals surface area (Å²) in [6.45, 7) is 4.05. The van der Waals surface area contributed by atoms with Crippen LogP contribution in [-0.2, 0) is 0 Å². The zero-order valence-corrected chi connectivity index (χ0v) is 14.3. The van der Waals surface area contributed by atoms with E-state index in [4.69, 9.17) is 0 Å². The molecule has 132 valence electrons. The summed E-state index contributed by atoms with van der Waals surface area (Å²) in [5.74, 6) is 2.51. The fraction of sp³-hybridized carbons (Fsp3) is 0.500. The number of H-pyrrole nitrogens is 1. The average Bonchev–Trinajstić information content (AvgIpc) is 3.18. The first kappa shape index (κ1) is 15.8. The molecule has 3 heterocycles. The Bertz CT molecular complexity index is 868. The van der Waals surface area contributed by atoms with E-state index in [1.165, 1.54) is 12.8 Å². The molecule has 9 nitrogen and oxygen atoms in total. The number of aromatic nitrogens is 6. The molecule has 1 aliphatic rings. The lowest BCUT2D eigenvalue weighted by molar-refractivity contribution is 0.228. The van der Waals surface area contributed by atoms with Crippen molar-refractivity contribution in [2.75, 3.05) is 17.2 Å². The van der Waals surface area contributed by atoms with Gasteiger partial charge in [-0.15, -0.1) is 5.10 Å². The van der Waals surface area contributed by atoms with Crippen molar-refractivity contribution in [3.05, 3.63) is 18.5 Å². The van der Waals surface area contributed by atoms with Crippen LogP contribution < -0.4 is 10.6 Å². The van der Waals surface area contributed by atoms with Gasteiger partial charge in [0.15, 0.2) is 5.82 Å². The molecule has 0 radical (unpaired) electrons. The molecule has 3 aromatic rings. The highest BCUT2D eigenvalue weighted by Crippen LogP contribution is 2.34. The van der Waals surface area contributed by atoms with Crippen molar-refractivity contribution in [1.82, 2.24) is 29.9 Å². The predicted molar refractivity (Wildman–Crippen MR) is 94.8 cm³/mol. The first-order valence-corrected chi connectivity index (χ1v) is 8.55. The monoisotopic (exact) mass is 342 g/mol. The Kier molecular flexibility index (Phi) is 4.00. The van der Waals surface area contributed by atoms with Crippen LogP contribution in [0.15, 0.2) is 18.5 Å². The molecule has 1 fully saturated rings. The molecule has 0 unspecified atom stereocenters. The minimum Gasteiger partial charge on any atom is -0.394 e. The zero-order chi connectivity index (χ0) is 17.4. The Balaban J connectivity index is 1.59. The molecule has 25 heavy (non-hydrogen) atoms. The van der Waals surface area contributed by atoms with Crippen LogP contribution in [-0.4, -0.2) is 47.7 Å². The van der Waals surface area contributed by atoms with Crippen molar-refractivity contribution in [3.63, 3.8) is 0 Å². The maximum Gasteiger partial charge on any atom is 0.232 e. The number of hydrogen-bond donors (Lipinski definition) is 4. The lowest BCUT2D eigenvalue weighted by Crippen LogP contribution is -2.18. The number of anilines is 3. The number of rotatable bonds is 7. The second-order valence-electron chi connectivity index (χ2n) is 6.65. The Labute approximate surface area is 144 Å². The fourth-order valence-electron chi connectivity index (χ4n) is 2.78. The van der Waals surface area contributed by atoms with Gasteiger partial charge < -0.3 is 20.7 Å². The quantitative estimate of drug-likeness (QED) is 0.519. The van der Waals surface area contributed by atoms with E-state index >= 15 is 0 Å². The summed E-state index contributed by atoms with van der Waals surface area (Å²) in [6, 6.07) is 2.22. The Morgan fingerprint density at radius 2 is 2.20 bits per heavy atom. The Hall–Kier alpha value is -2.68. The van der Waals surface area contributed by atoms with E-state index in [-0.39, 0.29) is 12.6 Å². The van der Waals surface area contributed by atoms with Crippen LogP contribution >= 0.6 is 0 Å². The minimum absolute atomic E-state index is 0.000851. The number of nitrogens with one attached hydrogen (secondary N) is 3. The number of nitrogens with zero attached hydrogens (tertiary/aromatic N) is 5. The Morgan fingerprint density at radius 3 is 2.96 bits per heavy atom. The van der Waals surface area contributed by atoms with E-state index in [0.29, 0.717) is 17.8 Å². The molecule has 0 saturated heterocycles. The highest BCUT2D eigenvalue weighted by Gasteiger charge is 2.28. The molecule has 0 aliphatic heterocycles. The van der Waals surface area contributed by atoms with Crippen molar-refractivity contribution in [2.45, 2.75) is 38.8 Å². The van der Waals surface area contributed by atoms with Gasteiger partial charge in [-0.25, -0.2) is 4.68 Å². The molecule has 4 rings (SSSR count). The third-order valence-corrected chi connectivity index (χ3v) is 4.58. The molecule has 0 spiro atoms. The maximum absolute atomic E-state index is 9.21. The number of aliphatic hydroxyl groups excluding tert-OH is 1. The number of aromatic amines is 1. The van der Waals surface area contributed by atoms with Gasteiger partial charge in [-0.05, 0) is 38.7 Å². The molecule has 0 aromatic carbocycles. The molecular formula is C16H22N8O. The summed E-state index contributed by atoms with van der Waals surface area (Å²) in [7, 11) is 0. The van der Waals surface area contributed by atoms with Crippen LogP contribution in [0.1, 0.15) is 32.7 Å². The van der Waals surface area contributed by atoms with Crippen LogP contribution in [0.5, 0.6) is 0 Å². The minimum atomic E-state index is -0.133. The van der Waals surface area contributed by atoms with Crippen LogP contribution in [0, 0.1) is 5.92 Å². The largest absolute Gasteiger partial charge is 0.394 e. The molecule has 9 heteroatoms. The molecule has 0 amide bonds. The van der Waals surface area contributed by atoms with Crippen molar-refractivity contribution in [2.24, 2.45) is 5.92 Å². The fourth-order valence-corrected chi connectivity index (χ4v) is 2.78. The van der Waals surface area contributed by atoms with Crippen LogP contribution in [0.25, 0.3) is 11.0 Å². The summed E-state index contributed by atoms with van der Waals surface area (Å²) in [5.41, 5.74) is 0.763. The van der Waals surface area contributed by atoms with Gasteiger partial charge in [-0.1, -0.05) is 5.21 Å². The van der Waals surface area contributed by atoms with Crippen molar-refractivity contribution in [1.29, 1.82) is 0 Å². The molecule has 4 N–H and O–H groups in total. The van der Waals surface area contributed by atoms with Gasteiger partial charge in [0, 0.05) is 12.2 Å². The van der Waals surface area contributed by atoms with Crippen molar-refractivity contribution >= 4 is 28.6 Å². The third-order valence-electron chi connectivity index (χ3n) is 4.58. The number of hydrogen-bond acceptors (Lipinski definition) is 7. The van der Waals surface area contributed by atoms with Gasteiger partial charge in [0.05, 0.1) is 24.2 Å². The first-order valence-electron chi connectivity index (χ1n) is 8.55. The smallest absolute Gasteiger partial charge is 0.232 e. The van der Waals surface area contributed by atoms with Crippen LogP contribution in [0.4, 0.5) is 17.6 Å². The number of fused-ring (bicyclic) bond motifs is 1. The number of aliphatic hydroxyl groups is 1. The van der Waals surface area contributed by atoms with E-state index in [9.17, 15) is 5.11 Å². The lowest BCUT2D eigenvalue weighted by atomic mass is 10.2. The second kappa shape index (κ2) is 6.32. The molecular weight excluding hydrogens is 320 g/mol. The standard InChI is InChI=1S/C16H22N8O/c1-9(8-25)24-7-13(22-23-24)19-16-20-14-12(5-6-17-14)15(21-16)18-10(2)11-3-4-11/h5-7,9-11,25H,3-4,8H2,1-2H3,(H3,17,18,19,20,21)/t9-,10-/m0/s1. The van der Waals surface area contributed by atoms with E-state index < -0.39 is 0 Å². The summed E-state index contributed by atoms with van der Waals surface area (Å²) in [6.07, 6.45) is 6.12. The molecule has 3 aromatic heterocycles. The molecule has 2 atom stereocenters. The maximum atomic E-state index is 9.21. The summed E-state index contributed by atoms with van der Waals surface area (Å²) in [5, 5.41) is 24.8. The van der Waals surface area contributed by atoms with E-state index in [1.54, 1.807) is 10.9 Å². The van der Waals surface area contributed by atoms with Gasteiger partial charge >= 0.3 is 0 Å². The summed E-state index contributed by atoms with van der Waals surface area (Å²) in [4.78, 5) is 12.2. The Morgan fingerprint density at radius 1 is 1.36 bits per heavy atom. The first-order chi connectivity index (χ1) is 12.1. The molecule has 1 aliphatic carbocycles. The molecule has 1 saturated carbocycles. The topological polar surface area (TPSA) is 117 Å². The van der Waals surface area contributed by atoms with E-state index in [1.807, 2.05) is 19.2 Å². The zero-order valence-electron chi connectivity index (χ0n) is 14.3. The summed E-state index contributed by atoms with van der Waals surface area (Å²) >= 11 is 0. The second-order valence-corrected chi connectivity index (χ2v) is 6.65.